The van der Waals surface area contributed by atoms with Gasteiger partial charge in [0.25, 0.3) is 0 Å². The van der Waals surface area contributed by atoms with Gasteiger partial charge in [-0.3, -0.25) is 10.1 Å². The van der Waals surface area contributed by atoms with Crippen molar-refractivity contribution in [3.05, 3.63) is 44.6 Å². The molecule has 18 heavy (non-hydrogen) atoms. The van der Waals surface area contributed by atoms with Crippen LogP contribution in [0.4, 0.5) is 11.6 Å². The van der Waals surface area contributed by atoms with E-state index in [2.05, 4.69) is 9.97 Å². The van der Waals surface area contributed by atoms with Crippen molar-refractivity contribution in [2.24, 2.45) is 0 Å². The molecule has 1 aromatic carbocycles. The summed E-state index contributed by atoms with van der Waals surface area (Å²) in [5.74, 6) is -0.0772. The second-order valence-electron chi connectivity index (χ2n) is 3.32. The van der Waals surface area contributed by atoms with Crippen molar-refractivity contribution in [2.45, 2.75) is 0 Å². The number of nitro groups is 1. The molecule has 0 spiro atoms. The Morgan fingerprint density at radius 3 is 2.72 bits per heavy atom. The molecule has 0 aliphatic rings. The zero-order chi connectivity index (χ0) is 13.3. The van der Waals surface area contributed by atoms with E-state index in [0.717, 1.165) is 6.20 Å². The lowest BCUT2D eigenvalue weighted by Gasteiger charge is -2.06. The fraction of sp³-hybridized carbons (Fsp3) is 0. The van der Waals surface area contributed by atoms with Crippen LogP contribution in [0.1, 0.15) is 0 Å². The zero-order valence-electron chi connectivity index (χ0n) is 8.80. The third-order valence-electron chi connectivity index (χ3n) is 2.19. The lowest BCUT2D eigenvalue weighted by molar-refractivity contribution is -0.384. The number of halogens is 2. The van der Waals surface area contributed by atoms with Crippen LogP contribution < -0.4 is 5.73 Å². The van der Waals surface area contributed by atoms with Crippen molar-refractivity contribution < 1.29 is 4.92 Å². The molecule has 2 N–H and O–H groups in total. The van der Waals surface area contributed by atoms with E-state index in [1.165, 1.54) is 0 Å². The average Bonchev–Trinajstić information content (AvgIpc) is 2.32. The van der Waals surface area contributed by atoms with E-state index in [4.69, 9.17) is 28.9 Å². The summed E-state index contributed by atoms with van der Waals surface area (Å²) in [7, 11) is 0. The largest absolute Gasteiger partial charge is 0.368 e. The lowest BCUT2D eigenvalue weighted by Crippen LogP contribution is -2.01. The first kappa shape index (κ1) is 12.5. The molecule has 2 aromatic rings. The van der Waals surface area contributed by atoms with Gasteiger partial charge in [-0.25, -0.2) is 9.97 Å². The van der Waals surface area contributed by atoms with Crippen molar-refractivity contribution >= 4 is 34.8 Å². The number of rotatable bonds is 2. The number of nitrogens with two attached hydrogens (primary N) is 1. The smallest absolute Gasteiger partial charge is 0.313 e. The minimum atomic E-state index is -0.605. The molecule has 2 rings (SSSR count). The summed E-state index contributed by atoms with van der Waals surface area (Å²) < 4.78 is 0. The van der Waals surface area contributed by atoms with E-state index in [9.17, 15) is 10.1 Å². The molecular formula is C10H6Cl2N4O2. The number of hydrogen-bond acceptors (Lipinski definition) is 5. The second-order valence-corrected chi connectivity index (χ2v) is 4.11. The predicted molar refractivity (Wildman–Crippen MR) is 68.6 cm³/mol. The Morgan fingerprint density at radius 2 is 2.06 bits per heavy atom. The zero-order valence-corrected chi connectivity index (χ0v) is 10.3. The number of nitrogens with zero attached hydrogens (tertiary/aromatic N) is 3. The fourth-order valence-electron chi connectivity index (χ4n) is 1.41. The van der Waals surface area contributed by atoms with Crippen molar-refractivity contribution in [1.82, 2.24) is 9.97 Å². The van der Waals surface area contributed by atoms with E-state index in [1.807, 2.05) is 0 Å². The molecule has 0 unspecified atom stereocenters. The highest BCUT2D eigenvalue weighted by Crippen LogP contribution is 2.36. The summed E-state index contributed by atoms with van der Waals surface area (Å²) in [5, 5.41) is 11.4. The minimum Gasteiger partial charge on any atom is -0.368 e. The van der Waals surface area contributed by atoms with Gasteiger partial charge in [-0.15, -0.1) is 0 Å². The fourth-order valence-corrected chi connectivity index (χ4v) is 1.80. The molecule has 0 amide bonds. The first-order chi connectivity index (χ1) is 8.50. The quantitative estimate of drug-likeness (QED) is 0.676. The van der Waals surface area contributed by atoms with E-state index in [-0.39, 0.29) is 27.4 Å². The second kappa shape index (κ2) is 4.75. The van der Waals surface area contributed by atoms with Crippen molar-refractivity contribution in [3.8, 4) is 11.3 Å². The maximum Gasteiger partial charge on any atom is 0.313 e. The summed E-state index contributed by atoms with van der Waals surface area (Å²) in [4.78, 5) is 17.7. The van der Waals surface area contributed by atoms with Crippen molar-refractivity contribution in [2.75, 3.05) is 5.73 Å². The molecule has 1 aromatic heterocycles. The van der Waals surface area contributed by atoms with E-state index < -0.39 is 4.92 Å². The normalized spacial score (nSPS) is 10.3. The van der Waals surface area contributed by atoms with Gasteiger partial charge in [-0.2, -0.15) is 0 Å². The summed E-state index contributed by atoms with van der Waals surface area (Å²) in [6.07, 6.45) is 1.04. The van der Waals surface area contributed by atoms with Gasteiger partial charge in [-0.05, 0) is 6.07 Å². The summed E-state index contributed by atoms with van der Waals surface area (Å²) in [6, 6.07) is 4.76. The molecule has 0 aliphatic carbocycles. The van der Waals surface area contributed by atoms with Crippen molar-refractivity contribution in [3.63, 3.8) is 0 Å². The molecule has 0 bridgehead atoms. The third-order valence-corrected chi connectivity index (χ3v) is 3.01. The van der Waals surface area contributed by atoms with Gasteiger partial charge in [0.05, 0.1) is 15.0 Å². The van der Waals surface area contributed by atoms with Gasteiger partial charge in [-0.1, -0.05) is 35.3 Å². The Bertz CT molecular complexity index is 633. The van der Waals surface area contributed by atoms with E-state index >= 15 is 0 Å². The predicted octanol–water partition coefficient (Wildman–Crippen LogP) is 2.94. The van der Waals surface area contributed by atoms with E-state index in [0.29, 0.717) is 5.56 Å². The number of aromatic nitrogens is 2. The van der Waals surface area contributed by atoms with E-state index in [1.54, 1.807) is 18.2 Å². The van der Waals surface area contributed by atoms with Crippen LogP contribution in [0, 0.1) is 10.1 Å². The number of hydrogen-bond donors (Lipinski definition) is 1. The molecule has 0 saturated carbocycles. The van der Waals surface area contributed by atoms with Crippen LogP contribution in [0.2, 0.25) is 10.0 Å². The van der Waals surface area contributed by atoms with Crippen LogP contribution in [0.15, 0.2) is 24.4 Å². The molecule has 0 saturated heterocycles. The monoisotopic (exact) mass is 284 g/mol. The molecule has 0 atom stereocenters. The Balaban J connectivity index is 2.73. The van der Waals surface area contributed by atoms with Crippen LogP contribution in [-0.2, 0) is 0 Å². The first-order valence-corrected chi connectivity index (χ1v) is 5.47. The highest BCUT2D eigenvalue weighted by molar-refractivity contribution is 6.43. The molecule has 8 heteroatoms. The highest BCUT2D eigenvalue weighted by atomic mass is 35.5. The van der Waals surface area contributed by atoms with Gasteiger partial charge in [0.15, 0.2) is 5.69 Å². The molecule has 0 radical (unpaired) electrons. The Kier molecular flexibility index (Phi) is 3.31. The Labute approximate surface area is 112 Å². The van der Waals surface area contributed by atoms with Gasteiger partial charge in [0, 0.05) is 5.56 Å². The maximum absolute atomic E-state index is 10.9. The topological polar surface area (TPSA) is 94.9 Å². The molecule has 92 valence electrons. The summed E-state index contributed by atoms with van der Waals surface area (Å²) >= 11 is 11.9. The summed E-state index contributed by atoms with van der Waals surface area (Å²) in [5.41, 5.74) is 5.53. The highest BCUT2D eigenvalue weighted by Gasteiger charge is 2.21. The van der Waals surface area contributed by atoms with Crippen LogP contribution in [0.5, 0.6) is 0 Å². The minimum absolute atomic E-state index is 0.0417. The van der Waals surface area contributed by atoms with Gasteiger partial charge in [0.1, 0.15) is 6.20 Å². The van der Waals surface area contributed by atoms with Gasteiger partial charge >= 0.3 is 5.69 Å². The molecular weight excluding hydrogens is 279 g/mol. The number of anilines is 1. The Hall–Kier alpha value is -1.92. The Morgan fingerprint density at radius 1 is 1.33 bits per heavy atom. The summed E-state index contributed by atoms with van der Waals surface area (Å²) in [6.45, 7) is 0. The van der Waals surface area contributed by atoms with Gasteiger partial charge in [0.2, 0.25) is 5.95 Å². The SMILES string of the molecule is Nc1ncc([N+](=O)[O-])c(-c2cccc(Cl)c2Cl)n1. The molecule has 1 heterocycles. The molecule has 0 fully saturated rings. The molecule has 6 nitrogen and oxygen atoms in total. The first-order valence-electron chi connectivity index (χ1n) is 4.72. The maximum atomic E-state index is 10.9. The molecule has 0 aliphatic heterocycles. The number of benzene rings is 1. The van der Waals surface area contributed by atoms with Crippen LogP contribution in [-0.4, -0.2) is 14.9 Å². The van der Waals surface area contributed by atoms with Crippen LogP contribution in [0.25, 0.3) is 11.3 Å². The van der Waals surface area contributed by atoms with Crippen molar-refractivity contribution in [1.29, 1.82) is 0 Å². The standard InChI is InChI=1S/C10H6Cl2N4O2/c11-6-3-1-2-5(8(6)12)9-7(16(17)18)4-14-10(13)15-9/h1-4H,(H2,13,14,15). The average molecular weight is 285 g/mol. The lowest BCUT2D eigenvalue weighted by atomic mass is 10.1. The van der Waals surface area contributed by atoms with Gasteiger partial charge < -0.3 is 5.73 Å². The van der Waals surface area contributed by atoms with Crippen LogP contribution >= 0.6 is 23.2 Å². The van der Waals surface area contributed by atoms with Crippen LogP contribution in [0.3, 0.4) is 0 Å². The number of nitrogen functional groups attached to an aromatic ring is 1. The third kappa shape index (κ3) is 2.20.